The van der Waals surface area contributed by atoms with Crippen LogP contribution in [0.2, 0.25) is 0 Å². The highest BCUT2D eigenvalue weighted by atomic mass is 19.4. The molecule has 1 fully saturated rings. The van der Waals surface area contributed by atoms with Crippen LogP contribution >= 0.6 is 0 Å². The van der Waals surface area contributed by atoms with Gasteiger partial charge in [-0.3, -0.25) is 9.59 Å². The molecule has 0 aromatic heterocycles. The zero-order chi connectivity index (χ0) is 34.4. The van der Waals surface area contributed by atoms with E-state index < -0.39 is 53.9 Å². The van der Waals surface area contributed by atoms with Crippen LogP contribution in [0, 0.1) is 0 Å². The van der Waals surface area contributed by atoms with Crippen molar-refractivity contribution in [3.63, 3.8) is 0 Å². The van der Waals surface area contributed by atoms with Gasteiger partial charge in [0.05, 0.1) is 24.2 Å². The topological polar surface area (TPSA) is 107 Å². The van der Waals surface area contributed by atoms with E-state index in [1.54, 1.807) is 24.3 Å². The molecule has 1 aliphatic rings. The SMILES string of the molecule is O=C(NCC(O)C(=O)O)c1ccc(CN(C(=O)CCc2cc(C(F)(F)F)cc(C(F)(F)F)c2)c2ccc(C3CCCCC3)cc2)cc1. The molecular weight excluding hydrogens is 630 g/mol. The number of amides is 2. The molecular formula is C34H34F6N2O5. The number of aliphatic hydroxyl groups is 1. The molecule has 3 N–H and O–H groups in total. The van der Waals surface area contributed by atoms with Crippen molar-refractivity contribution < 1.29 is 50.9 Å². The molecule has 1 saturated carbocycles. The van der Waals surface area contributed by atoms with E-state index in [1.165, 1.54) is 23.5 Å². The summed E-state index contributed by atoms with van der Waals surface area (Å²) in [7, 11) is 0. The first-order valence-electron chi connectivity index (χ1n) is 15.1. The number of nitrogens with one attached hydrogen (secondary N) is 1. The third-order valence-corrected chi connectivity index (χ3v) is 8.16. The quantitative estimate of drug-likeness (QED) is 0.190. The molecule has 1 atom stereocenters. The van der Waals surface area contributed by atoms with Crippen molar-refractivity contribution >= 4 is 23.5 Å². The van der Waals surface area contributed by atoms with Gasteiger partial charge >= 0.3 is 18.3 Å². The number of benzene rings is 3. The number of carboxylic acid groups (broad SMARTS) is 1. The van der Waals surface area contributed by atoms with E-state index in [9.17, 15) is 45.8 Å². The van der Waals surface area contributed by atoms with Crippen molar-refractivity contribution in [3.05, 3.63) is 100 Å². The minimum absolute atomic E-state index is 0.0162. The van der Waals surface area contributed by atoms with Crippen LogP contribution in [0.15, 0.2) is 66.7 Å². The number of carbonyl (C=O) groups is 3. The van der Waals surface area contributed by atoms with Gasteiger partial charge in [-0.25, -0.2) is 4.79 Å². The number of nitrogens with zero attached hydrogens (tertiary/aromatic N) is 1. The molecule has 47 heavy (non-hydrogen) atoms. The fourth-order valence-corrected chi connectivity index (χ4v) is 5.56. The summed E-state index contributed by atoms with van der Waals surface area (Å²) in [5.74, 6) is -2.28. The molecule has 0 heterocycles. The Kier molecular flexibility index (Phi) is 11.3. The van der Waals surface area contributed by atoms with Crippen LogP contribution in [0.1, 0.15) is 82.6 Å². The van der Waals surface area contributed by atoms with E-state index in [0.29, 0.717) is 29.3 Å². The number of rotatable bonds is 11. The van der Waals surface area contributed by atoms with Gasteiger partial charge in [0.25, 0.3) is 5.91 Å². The predicted molar refractivity (Wildman–Crippen MR) is 161 cm³/mol. The Bertz CT molecular complexity index is 1520. The number of halogens is 6. The fraction of sp³-hybridized carbons (Fsp3) is 0.382. The Labute approximate surface area is 267 Å². The third-order valence-electron chi connectivity index (χ3n) is 8.16. The summed E-state index contributed by atoms with van der Waals surface area (Å²) in [4.78, 5) is 38.1. The highest BCUT2D eigenvalue weighted by molar-refractivity contribution is 5.95. The van der Waals surface area contributed by atoms with Crippen LogP contribution in [-0.4, -0.2) is 40.6 Å². The summed E-state index contributed by atoms with van der Waals surface area (Å²) in [6.45, 7) is -0.525. The highest BCUT2D eigenvalue weighted by Crippen LogP contribution is 2.37. The van der Waals surface area contributed by atoms with Gasteiger partial charge in [-0.1, -0.05) is 43.5 Å². The molecule has 0 bridgehead atoms. The fourth-order valence-electron chi connectivity index (χ4n) is 5.56. The maximum Gasteiger partial charge on any atom is 0.416 e. The second-order valence-corrected chi connectivity index (χ2v) is 11.6. The molecule has 252 valence electrons. The second kappa shape index (κ2) is 15.0. The van der Waals surface area contributed by atoms with Gasteiger partial charge in [0.15, 0.2) is 6.10 Å². The van der Waals surface area contributed by atoms with E-state index in [1.807, 2.05) is 12.1 Å². The smallest absolute Gasteiger partial charge is 0.416 e. The Hall–Kier alpha value is -4.39. The van der Waals surface area contributed by atoms with Gasteiger partial charge in [-0.05, 0) is 84.3 Å². The number of hydrogen-bond donors (Lipinski definition) is 3. The van der Waals surface area contributed by atoms with Crippen LogP contribution in [0.3, 0.4) is 0 Å². The number of hydrogen-bond acceptors (Lipinski definition) is 4. The lowest BCUT2D eigenvalue weighted by Gasteiger charge is -2.26. The first-order chi connectivity index (χ1) is 22.1. The molecule has 3 aromatic carbocycles. The number of carbonyl (C=O) groups excluding carboxylic acids is 2. The van der Waals surface area contributed by atoms with E-state index in [-0.39, 0.29) is 36.6 Å². The van der Waals surface area contributed by atoms with Crippen molar-refractivity contribution in [1.29, 1.82) is 0 Å². The van der Waals surface area contributed by atoms with Crippen molar-refractivity contribution in [2.75, 3.05) is 11.4 Å². The molecule has 0 radical (unpaired) electrons. The molecule has 4 rings (SSSR count). The zero-order valence-corrected chi connectivity index (χ0v) is 25.2. The Morgan fingerprint density at radius 1 is 0.809 bits per heavy atom. The molecule has 0 aliphatic heterocycles. The lowest BCUT2D eigenvalue weighted by molar-refractivity contribution is -0.146. The number of aryl methyl sites for hydroxylation is 1. The van der Waals surface area contributed by atoms with Crippen molar-refractivity contribution in [2.24, 2.45) is 0 Å². The molecule has 3 aromatic rings. The van der Waals surface area contributed by atoms with Crippen LogP contribution in [-0.2, 0) is 34.9 Å². The summed E-state index contributed by atoms with van der Waals surface area (Å²) in [6, 6.07) is 14.7. The van der Waals surface area contributed by atoms with Crippen LogP contribution < -0.4 is 10.2 Å². The monoisotopic (exact) mass is 664 g/mol. The normalized spacial score (nSPS) is 14.8. The average molecular weight is 665 g/mol. The maximum atomic E-state index is 13.6. The van der Waals surface area contributed by atoms with Crippen molar-refractivity contribution in [3.8, 4) is 0 Å². The Balaban J connectivity index is 1.55. The minimum Gasteiger partial charge on any atom is -0.479 e. The predicted octanol–water partition coefficient (Wildman–Crippen LogP) is 7.11. The Morgan fingerprint density at radius 3 is 1.91 bits per heavy atom. The number of anilines is 1. The van der Waals surface area contributed by atoms with Gasteiger partial charge < -0.3 is 20.4 Å². The standard InChI is InChI=1S/C34H34F6N2O5/c35-33(36,37)26-16-22(17-27(18-26)34(38,39)40)8-15-30(44)42(28-13-11-24(12-14-28)23-4-2-1-3-5-23)20-21-6-9-25(10-7-21)31(45)41-19-29(43)32(46)47/h6-7,9-14,16-18,23,29,43H,1-5,8,15,19-20H2,(H,41,45)(H,46,47). The molecule has 2 amide bonds. The lowest BCUT2D eigenvalue weighted by atomic mass is 9.84. The van der Waals surface area contributed by atoms with Crippen LogP contribution in [0.4, 0.5) is 32.0 Å². The minimum atomic E-state index is -5.01. The van der Waals surface area contributed by atoms with Gasteiger partial charge in [0.2, 0.25) is 5.91 Å². The third kappa shape index (κ3) is 9.80. The van der Waals surface area contributed by atoms with Gasteiger partial charge in [0, 0.05) is 17.7 Å². The Morgan fingerprint density at radius 2 is 1.38 bits per heavy atom. The molecule has 0 saturated heterocycles. The van der Waals surface area contributed by atoms with Crippen LogP contribution in [0.5, 0.6) is 0 Å². The average Bonchev–Trinajstić information content (AvgIpc) is 3.04. The maximum absolute atomic E-state index is 13.6. The summed E-state index contributed by atoms with van der Waals surface area (Å²) >= 11 is 0. The molecule has 13 heteroatoms. The first-order valence-corrected chi connectivity index (χ1v) is 15.1. The zero-order valence-electron chi connectivity index (χ0n) is 25.2. The second-order valence-electron chi connectivity index (χ2n) is 11.6. The first kappa shape index (κ1) is 35.5. The van der Waals surface area contributed by atoms with Gasteiger partial charge in [-0.2, -0.15) is 26.3 Å². The summed E-state index contributed by atoms with van der Waals surface area (Å²) < 4.78 is 80.3. The number of aliphatic carboxylic acids is 1. The van der Waals surface area contributed by atoms with E-state index in [4.69, 9.17) is 5.11 Å². The van der Waals surface area contributed by atoms with E-state index in [0.717, 1.165) is 31.2 Å². The van der Waals surface area contributed by atoms with Gasteiger partial charge in [0.1, 0.15) is 0 Å². The van der Waals surface area contributed by atoms with Gasteiger partial charge in [-0.15, -0.1) is 0 Å². The summed E-state index contributed by atoms with van der Waals surface area (Å²) in [5, 5.41) is 20.5. The van der Waals surface area contributed by atoms with Crippen molar-refractivity contribution in [1.82, 2.24) is 5.32 Å². The van der Waals surface area contributed by atoms with Crippen LogP contribution in [0.25, 0.3) is 0 Å². The molecule has 1 aliphatic carbocycles. The highest BCUT2D eigenvalue weighted by Gasteiger charge is 2.37. The summed E-state index contributed by atoms with van der Waals surface area (Å²) in [6.07, 6.45) is -7.03. The number of alkyl halides is 6. The number of aliphatic hydroxyl groups excluding tert-OH is 1. The number of carboxylic acids is 1. The van der Waals surface area contributed by atoms with E-state index in [2.05, 4.69) is 5.32 Å². The lowest BCUT2D eigenvalue weighted by Crippen LogP contribution is -2.36. The molecule has 7 nitrogen and oxygen atoms in total. The largest absolute Gasteiger partial charge is 0.479 e. The van der Waals surface area contributed by atoms with Crippen molar-refractivity contribution in [2.45, 2.75) is 75.9 Å². The van der Waals surface area contributed by atoms with E-state index >= 15 is 0 Å². The summed E-state index contributed by atoms with van der Waals surface area (Å²) in [5.41, 5.74) is -0.859. The molecule has 0 spiro atoms. The molecule has 1 unspecified atom stereocenters.